The van der Waals surface area contributed by atoms with Crippen molar-refractivity contribution in [1.29, 1.82) is 5.26 Å². The van der Waals surface area contributed by atoms with Gasteiger partial charge in [-0.05, 0) is 68.1 Å². The highest BCUT2D eigenvalue weighted by Gasteiger charge is 2.38. The first-order valence-corrected chi connectivity index (χ1v) is 10.6. The van der Waals surface area contributed by atoms with Crippen molar-refractivity contribution in [3.8, 4) is 17.2 Å². The van der Waals surface area contributed by atoms with Crippen molar-refractivity contribution in [1.82, 2.24) is 10.6 Å². The van der Waals surface area contributed by atoms with Gasteiger partial charge in [0.15, 0.2) is 0 Å². The zero-order chi connectivity index (χ0) is 25.3. The topological polar surface area (TPSA) is 102 Å². The number of hydrogen-bond donors (Lipinski definition) is 3. The van der Waals surface area contributed by atoms with Gasteiger partial charge in [-0.15, -0.1) is 0 Å². The molecule has 2 aromatic carbocycles. The molecule has 1 saturated carbocycles. The number of nitrogens with one attached hydrogen (secondary N) is 2. The summed E-state index contributed by atoms with van der Waals surface area (Å²) in [6.07, 6.45) is -1.37. The van der Waals surface area contributed by atoms with Crippen LogP contribution in [0.2, 0.25) is 0 Å². The maximum absolute atomic E-state index is 14.2. The molecule has 6 nitrogen and oxygen atoms in total. The summed E-state index contributed by atoms with van der Waals surface area (Å²) in [4.78, 5) is 21.3. The number of hydrogen-bond acceptors (Lipinski definition) is 4. The molecule has 1 amide bonds. The van der Waals surface area contributed by atoms with Crippen molar-refractivity contribution in [3.63, 3.8) is 0 Å². The van der Waals surface area contributed by atoms with Crippen LogP contribution < -0.4 is 10.6 Å². The van der Waals surface area contributed by atoms with Crippen LogP contribution in [-0.2, 0) is 16.1 Å². The Morgan fingerprint density at radius 2 is 1.71 bits per heavy atom. The fraction of sp³-hybridized carbons (Fsp3) is 0.375. The second-order valence-electron chi connectivity index (χ2n) is 7.86. The zero-order valence-electron chi connectivity index (χ0n) is 18.5. The van der Waals surface area contributed by atoms with Gasteiger partial charge >= 0.3 is 12.1 Å². The number of carboxylic acids is 1. The van der Waals surface area contributed by atoms with E-state index in [-0.39, 0.29) is 24.2 Å². The first kappa shape index (κ1) is 26.8. The van der Waals surface area contributed by atoms with E-state index in [2.05, 4.69) is 16.7 Å². The molecule has 0 heterocycles. The van der Waals surface area contributed by atoms with Gasteiger partial charge in [0.25, 0.3) is 0 Å². The first-order chi connectivity index (χ1) is 16.0. The summed E-state index contributed by atoms with van der Waals surface area (Å²) in [7, 11) is 1.95. The van der Waals surface area contributed by atoms with Crippen LogP contribution >= 0.6 is 0 Å². The highest BCUT2D eigenvalue weighted by molar-refractivity contribution is 5.78. The van der Waals surface area contributed by atoms with E-state index in [9.17, 15) is 22.4 Å². The van der Waals surface area contributed by atoms with Gasteiger partial charge in [-0.1, -0.05) is 18.2 Å². The maximum atomic E-state index is 14.2. The molecule has 34 heavy (non-hydrogen) atoms. The van der Waals surface area contributed by atoms with Gasteiger partial charge in [-0.3, -0.25) is 4.79 Å². The van der Waals surface area contributed by atoms with Crippen molar-refractivity contribution in [2.45, 2.75) is 44.4 Å². The number of nitriles is 1. The second-order valence-corrected chi connectivity index (χ2v) is 7.86. The lowest BCUT2D eigenvalue weighted by Gasteiger charge is -2.27. The van der Waals surface area contributed by atoms with Crippen LogP contribution in [0.1, 0.15) is 36.8 Å². The minimum absolute atomic E-state index is 0.000772. The molecular weight excluding hydrogens is 454 g/mol. The predicted molar refractivity (Wildman–Crippen MR) is 117 cm³/mol. The van der Waals surface area contributed by atoms with Gasteiger partial charge in [0.2, 0.25) is 5.91 Å². The summed E-state index contributed by atoms with van der Waals surface area (Å²) < 4.78 is 45.9. The molecule has 10 heteroatoms. The minimum atomic E-state index is -5.08. The van der Waals surface area contributed by atoms with Crippen LogP contribution in [-0.4, -0.2) is 36.2 Å². The van der Waals surface area contributed by atoms with Gasteiger partial charge in [0, 0.05) is 24.1 Å². The fourth-order valence-corrected chi connectivity index (χ4v) is 3.63. The number of amides is 1. The third kappa shape index (κ3) is 7.85. The molecule has 0 bridgehead atoms. The molecule has 3 N–H and O–H groups in total. The number of nitrogens with zero attached hydrogens (tertiary/aromatic N) is 1. The van der Waals surface area contributed by atoms with E-state index in [1.54, 1.807) is 30.3 Å². The van der Waals surface area contributed by atoms with Crippen molar-refractivity contribution in [2.24, 2.45) is 5.92 Å². The summed E-state index contributed by atoms with van der Waals surface area (Å²) in [5.74, 6) is -3.09. The Labute approximate surface area is 194 Å². The third-order valence-electron chi connectivity index (χ3n) is 5.57. The lowest BCUT2D eigenvalue weighted by Crippen LogP contribution is -2.37. The summed E-state index contributed by atoms with van der Waals surface area (Å²) in [6, 6.07) is 14.6. The van der Waals surface area contributed by atoms with Crippen molar-refractivity contribution in [3.05, 3.63) is 59.4 Å². The van der Waals surface area contributed by atoms with E-state index < -0.39 is 12.1 Å². The molecule has 1 fully saturated rings. The van der Waals surface area contributed by atoms with Crippen LogP contribution in [0.3, 0.4) is 0 Å². The van der Waals surface area contributed by atoms with Crippen LogP contribution in [0.4, 0.5) is 17.6 Å². The van der Waals surface area contributed by atoms with Crippen LogP contribution in [0, 0.1) is 23.1 Å². The van der Waals surface area contributed by atoms with Crippen LogP contribution in [0.25, 0.3) is 11.1 Å². The van der Waals surface area contributed by atoms with E-state index in [0.29, 0.717) is 17.2 Å². The Hall–Kier alpha value is -3.45. The number of halogens is 4. The molecule has 0 spiro atoms. The summed E-state index contributed by atoms with van der Waals surface area (Å²) in [6.45, 7) is 0.169. The van der Waals surface area contributed by atoms with Gasteiger partial charge in [0.1, 0.15) is 5.82 Å². The molecule has 182 valence electrons. The second kappa shape index (κ2) is 12.1. The number of carboxylic acid groups (broad SMARTS) is 1. The van der Waals surface area contributed by atoms with Crippen LogP contribution in [0.15, 0.2) is 42.5 Å². The monoisotopic (exact) mass is 479 g/mol. The molecule has 1 aliphatic carbocycles. The Balaban J connectivity index is 0.000000509. The number of carbonyl (C=O) groups is 2. The number of rotatable bonds is 5. The van der Waals surface area contributed by atoms with Crippen molar-refractivity contribution in [2.75, 3.05) is 7.05 Å². The summed E-state index contributed by atoms with van der Waals surface area (Å²) in [5, 5.41) is 22.3. The van der Waals surface area contributed by atoms with Gasteiger partial charge < -0.3 is 15.7 Å². The highest BCUT2D eigenvalue weighted by Crippen LogP contribution is 2.25. The average molecular weight is 479 g/mol. The largest absolute Gasteiger partial charge is 0.490 e. The van der Waals surface area contributed by atoms with E-state index in [4.69, 9.17) is 15.2 Å². The van der Waals surface area contributed by atoms with Gasteiger partial charge in [0.05, 0.1) is 11.6 Å². The molecule has 0 atom stereocenters. The smallest absolute Gasteiger partial charge is 0.475 e. The van der Waals surface area contributed by atoms with Crippen LogP contribution in [0.5, 0.6) is 0 Å². The Morgan fingerprint density at radius 1 is 1.09 bits per heavy atom. The van der Waals surface area contributed by atoms with E-state index >= 15 is 0 Å². The maximum Gasteiger partial charge on any atom is 0.490 e. The SMILES string of the molecule is CNC1CCC(C(=O)NCc2cc(-c3cccc(C#N)c3)ccc2F)CC1.O=C(O)C(F)(F)F. The highest BCUT2D eigenvalue weighted by atomic mass is 19.4. The number of carbonyl (C=O) groups excluding carboxylic acids is 1. The Kier molecular flexibility index (Phi) is 9.57. The van der Waals surface area contributed by atoms with E-state index in [0.717, 1.165) is 36.8 Å². The summed E-state index contributed by atoms with van der Waals surface area (Å²) >= 11 is 0. The quantitative estimate of drug-likeness (QED) is 0.552. The normalized spacial score (nSPS) is 17.6. The Bertz CT molecular complexity index is 1040. The standard InChI is InChI=1S/C22H24FN3O.C2HF3O2/c1-25-20-8-5-16(6-9-20)22(27)26-14-19-12-18(7-10-21(19)23)17-4-2-3-15(11-17)13-24;3-2(4,5)1(6)7/h2-4,7,10-12,16,20,25H,5-6,8-9,14H2,1H3,(H,26,27);(H,6,7). The molecule has 0 aliphatic heterocycles. The van der Waals surface area contributed by atoms with Gasteiger partial charge in [-0.25, -0.2) is 9.18 Å². The predicted octanol–water partition coefficient (Wildman–Crippen LogP) is 4.39. The fourth-order valence-electron chi connectivity index (χ4n) is 3.63. The lowest BCUT2D eigenvalue weighted by atomic mass is 9.85. The van der Waals surface area contributed by atoms with E-state index in [1.165, 1.54) is 6.07 Å². The summed E-state index contributed by atoms with van der Waals surface area (Å²) in [5.41, 5.74) is 2.69. The molecule has 1 aliphatic rings. The third-order valence-corrected chi connectivity index (χ3v) is 5.57. The number of benzene rings is 2. The van der Waals surface area contributed by atoms with Crippen molar-refractivity contribution < 1.29 is 32.3 Å². The zero-order valence-corrected chi connectivity index (χ0v) is 18.5. The lowest BCUT2D eigenvalue weighted by molar-refractivity contribution is -0.192. The first-order valence-electron chi connectivity index (χ1n) is 10.6. The number of aliphatic carboxylic acids is 1. The molecule has 3 rings (SSSR count). The molecule has 0 unspecified atom stereocenters. The molecule has 0 aromatic heterocycles. The van der Waals surface area contributed by atoms with Crippen molar-refractivity contribution >= 4 is 11.9 Å². The Morgan fingerprint density at radius 3 is 2.26 bits per heavy atom. The minimum Gasteiger partial charge on any atom is -0.475 e. The molecule has 2 aromatic rings. The molecular formula is C24H25F4N3O3. The average Bonchev–Trinajstić information content (AvgIpc) is 2.83. The van der Waals surface area contributed by atoms with E-state index in [1.807, 2.05) is 13.1 Å². The molecule has 0 radical (unpaired) electrons. The molecule has 0 saturated heterocycles. The van der Waals surface area contributed by atoms with Gasteiger partial charge in [-0.2, -0.15) is 18.4 Å². The number of alkyl halides is 3.